The Morgan fingerprint density at radius 1 is 1.40 bits per heavy atom. The second-order valence-electron chi connectivity index (χ2n) is 4.39. The summed E-state index contributed by atoms with van der Waals surface area (Å²) in [6, 6.07) is 0.222. The van der Waals surface area contributed by atoms with Gasteiger partial charge in [-0.25, -0.2) is 0 Å². The van der Waals surface area contributed by atoms with Crippen molar-refractivity contribution in [1.82, 2.24) is 5.32 Å². The molecule has 0 saturated carbocycles. The van der Waals surface area contributed by atoms with Crippen molar-refractivity contribution < 1.29 is 4.79 Å². The molecule has 1 rings (SSSR count). The number of amides is 1. The van der Waals surface area contributed by atoms with Crippen LogP contribution in [0.25, 0.3) is 0 Å². The lowest BCUT2D eigenvalue weighted by Crippen LogP contribution is -2.31. The van der Waals surface area contributed by atoms with Crippen molar-refractivity contribution in [2.45, 2.75) is 52.5 Å². The molecule has 0 aromatic carbocycles. The average Bonchev–Trinajstić information content (AvgIpc) is 2.18. The fraction of sp³-hybridized carbons (Fsp3) is 0.615. The van der Waals surface area contributed by atoms with Gasteiger partial charge in [0, 0.05) is 11.6 Å². The van der Waals surface area contributed by atoms with Gasteiger partial charge in [-0.2, -0.15) is 0 Å². The van der Waals surface area contributed by atoms with Gasteiger partial charge in [0.05, 0.1) is 0 Å². The van der Waals surface area contributed by atoms with Crippen molar-refractivity contribution >= 4 is 5.91 Å². The highest BCUT2D eigenvalue weighted by atomic mass is 16.1. The largest absolute Gasteiger partial charge is 0.350 e. The lowest BCUT2D eigenvalue weighted by Gasteiger charge is -2.15. The Kier molecular flexibility index (Phi) is 4.60. The van der Waals surface area contributed by atoms with E-state index < -0.39 is 0 Å². The predicted octanol–water partition coefficient (Wildman–Crippen LogP) is 2.96. The third-order valence-corrected chi connectivity index (χ3v) is 2.52. The van der Waals surface area contributed by atoms with E-state index in [4.69, 9.17) is 0 Å². The van der Waals surface area contributed by atoms with E-state index in [2.05, 4.69) is 18.3 Å². The van der Waals surface area contributed by atoms with Crippen LogP contribution in [-0.4, -0.2) is 11.9 Å². The van der Waals surface area contributed by atoms with Crippen LogP contribution in [0.1, 0.15) is 46.5 Å². The number of hydrogen-bond donors (Lipinski definition) is 1. The maximum Gasteiger partial charge on any atom is 0.247 e. The van der Waals surface area contributed by atoms with E-state index in [1.807, 2.05) is 19.9 Å². The highest BCUT2D eigenvalue weighted by Gasteiger charge is 2.13. The fourth-order valence-corrected chi connectivity index (χ4v) is 1.75. The van der Waals surface area contributed by atoms with Crippen LogP contribution < -0.4 is 5.32 Å². The van der Waals surface area contributed by atoms with Crippen molar-refractivity contribution in [1.29, 1.82) is 0 Å². The molecule has 0 heterocycles. The first kappa shape index (κ1) is 12.0. The summed E-state index contributed by atoms with van der Waals surface area (Å²) in [6.45, 7) is 6.16. The van der Waals surface area contributed by atoms with Gasteiger partial charge in [-0.05, 0) is 33.1 Å². The Hall–Kier alpha value is -1.05. The first-order valence-corrected chi connectivity index (χ1v) is 5.83. The highest BCUT2D eigenvalue weighted by Crippen LogP contribution is 2.21. The van der Waals surface area contributed by atoms with Gasteiger partial charge < -0.3 is 5.32 Å². The van der Waals surface area contributed by atoms with Crippen molar-refractivity contribution in [3.8, 4) is 0 Å². The third-order valence-electron chi connectivity index (χ3n) is 2.52. The molecule has 0 spiro atoms. The molecule has 0 atom stereocenters. The zero-order valence-electron chi connectivity index (χ0n) is 9.97. The van der Waals surface area contributed by atoms with E-state index in [0.717, 1.165) is 24.8 Å². The molecule has 1 N–H and O–H groups in total. The number of hydrogen-bond acceptors (Lipinski definition) is 1. The Morgan fingerprint density at radius 3 is 2.60 bits per heavy atom. The number of carbonyl (C=O) groups is 1. The summed E-state index contributed by atoms with van der Waals surface area (Å²) >= 11 is 0. The number of rotatable bonds is 4. The van der Waals surface area contributed by atoms with Crippen LogP contribution >= 0.6 is 0 Å². The fourth-order valence-electron chi connectivity index (χ4n) is 1.75. The van der Waals surface area contributed by atoms with E-state index in [-0.39, 0.29) is 11.9 Å². The van der Waals surface area contributed by atoms with Crippen molar-refractivity contribution in [2.24, 2.45) is 0 Å². The highest BCUT2D eigenvalue weighted by molar-refractivity contribution is 5.94. The molecule has 0 fully saturated rings. The second kappa shape index (κ2) is 5.74. The van der Waals surface area contributed by atoms with E-state index in [1.54, 1.807) is 0 Å². The molecule has 0 unspecified atom stereocenters. The van der Waals surface area contributed by atoms with E-state index >= 15 is 0 Å². The number of carbonyl (C=O) groups excluding carboxylic acids is 1. The summed E-state index contributed by atoms with van der Waals surface area (Å²) in [7, 11) is 0. The van der Waals surface area contributed by atoms with Gasteiger partial charge in [0.25, 0.3) is 0 Å². The minimum Gasteiger partial charge on any atom is -0.350 e. The molecule has 2 nitrogen and oxygen atoms in total. The quantitative estimate of drug-likeness (QED) is 0.754. The molecule has 1 aliphatic carbocycles. The first-order valence-electron chi connectivity index (χ1n) is 5.83. The van der Waals surface area contributed by atoms with Crippen LogP contribution in [0.5, 0.6) is 0 Å². The Balaban J connectivity index is 2.55. The summed E-state index contributed by atoms with van der Waals surface area (Å²) in [4.78, 5) is 11.7. The minimum absolute atomic E-state index is 0.0943. The molecule has 0 bridgehead atoms. The molecule has 0 aliphatic heterocycles. The van der Waals surface area contributed by atoms with Crippen LogP contribution in [0.3, 0.4) is 0 Å². The molecule has 2 heteroatoms. The summed E-state index contributed by atoms with van der Waals surface area (Å²) in [5.41, 5.74) is 2.39. The molecule has 1 amide bonds. The Labute approximate surface area is 92.4 Å². The molecule has 0 aromatic heterocycles. The van der Waals surface area contributed by atoms with Crippen molar-refractivity contribution in [2.75, 3.05) is 0 Å². The summed E-state index contributed by atoms with van der Waals surface area (Å²) < 4.78 is 0. The normalized spacial score (nSPS) is 16.0. The van der Waals surface area contributed by atoms with Gasteiger partial charge in [-0.15, -0.1) is 0 Å². The van der Waals surface area contributed by atoms with Gasteiger partial charge in [0.2, 0.25) is 5.91 Å². The smallest absolute Gasteiger partial charge is 0.247 e. The summed E-state index contributed by atoms with van der Waals surface area (Å²) in [5, 5.41) is 2.92. The van der Waals surface area contributed by atoms with Crippen LogP contribution in [0.4, 0.5) is 0 Å². The van der Waals surface area contributed by atoms with Gasteiger partial charge in [0.15, 0.2) is 0 Å². The molecule has 0 saturated heterocycles. The molecule has 84 valence electrons. The maximum absolute atomic E-state index is 11.7. The van der Waals surface area contributed by atoms with Crippen LogP contribution in [0, 0.1) is 0 Å². The van der Waals surface area contributed by atoms with Gasteiger partial charge in [-0.3, -0.25) is 4.79 Å². The van der Waals surface area contributed by atoms with Gasteiger partial charge >= 0.3 is 0 Å². The number of allylic oxidation sites excluding steroid dienone is 3. The molecule has 15 heavy (non-hydrogen) atoms. The van der Waals surface area contributed by atoms with E-state index in [9.17, 15) is 4.79 Å². The Bertz CT molecular complexity index is 287. The molecular weight excluding hydrogens is 186 g/mol. The maximum atomic E-state index is 11.7. The lowest BCUT2D eigenvalue weighted by atomic mass is 9.95. The van der Waals surface area contributed by atoms with Gasteiger partial charge in [0.1, 0.15) is 0 Å². The Morgan fingerprint density at radius 2 is 2.13 bits per heavy atom. The molecule has 0 aromatic rings. The number of nitrogens with one attached hydrogen (secondary N) is 1. The van der Waals surface area contributed by atoms with E-state index in [1.165, 1.54) is 12.0 Å². The summed E-state index contributed by atoms with van der Waals surface area (Å²) in [5.74, 6) is 0.0943. The third kappa shape index (κ3) is 3.90. The van der Waals surface area contributed by atoms with Gasteiger partial charge in [-0.1, -0.05) is 31.1 Å². The SMILES string of the molecule is CCCC1=CC=C(C(=O)NC(C)C)CC1. The van der Waals surface area contributed by atoms with Crippen molar-refractivity contribution in [3.63, 3.8) is 0 Å². The van der Waals surface area contributed by atoms with Crippen LogP contribution in [0.15, 0.2) is 23.3 Å². The monoisotopic (exact) mass is 207 g/mol. The molecule has 1 aliphatic rings. The van der Waals surface area contributed by atoms with Crippen LogP contribution in [-0.2, 0) is 4.79 Å². The van der Waals surface area contributed by atoms with E-state index in [0.29, 0.717) is 0 Å². The molecular formula is C13H21NO. The summed E-state index contributed by atoms with van der Waals surface area (Å²) in [6.07, 6.45) is 8.38. The van der Waals surface area contributed by atoms with Crippen LogP contribution in [0.2, 0.25) is 0 Å². The molecule has 0 radical (unpaired) electrons. The zero-order valence-corrected chi connectivity index (χ0v) is 9.97. The predicted molar refractivity (Wildman–Crippen MR) is 63.6 cm³/mol. The standard InChI is InChI=1S/C13H21NO/c1-4-5-11-6-8-12(9-7-11)13(15)14-10(2)3/h6,8,10H,4-5,7,9H2,1-3H3,(H,14,15). The topological polar surface area (TPSA) is 29.1 Å². The second-order valence-corrected chi connectivity index (χ2v) is 4.39. The van der Waals surface area contributed by atoms with Crippen molar-refractivity contribution in [3.05, 3.63) is 23.3 Å². The lowest BCUT2D eigenvalue weighted by molar-refractivity contribution is -0.118. The zero-order chi connectivity index (χ0) is 11.3. The minimum atomic E-state index is 0.0943. The average molecular weight is 207 g/mol. The first-order chi connectivity index (χ1) is 7.13.